The van der Waals surface area contributed by atoms with Crippen molar-refractivity contribution >= 4 is 27.8 Å². The summed E-state index contributed by atoms with van der Waals surface area (Å²) >= 11 is 3.26. The Hall–Kier alpha value is -2.09. The van der Waals surface area contributed by atoms with Crippen molar-refractivity contribution in [3.8, 4) is 0 Å². The van der Waals surface area contributed by atoms with E-state index in [4.69, 9.17) is 0 Å². The van der Waals surface area contributed by atoms with Crippen LogP contribution in [-0.4, -0.2) is 40.4 Å². The zero-order valence-corrected chi connectivity index (χ0v) is 13.6. The summed E-state index contributed by atoms with van der Waals surface area (Å²) < 4.78 is 27.4. The van der Waals surface area contributed by atoms with Crippen molar-refractivity contribution in [1.29, 1.82) is 0 Å². The number of carbonyl (C=O) groups is 1. The van der Waals surface area contributed by atoms with Gasteiger partial charge in [0.1, 0.15) is 18.2 Å². The number of anilines is 1. The number of piperazine rings is 1. The van der Waals surface area contributed by atoms with Gasteiger partial charge >= 0.3 is 0 Å². The number of hydrogen-bond acceptors (Lipinski definition) is 4. The summed E-state index contributed by atoms with van der Waals surface area (Å²) in [5.41, 5.74) is 0.299. The molecule has 0 unspecified atom stereocenters. The van der Waals surface area contributed by atoms with E-state index in [0.29, 0.717) is 24.6 Å². The molecule has 5 nitrogen and oxygen atoms in total. The lowest BCUT2D eigenvalue weighted by atomic mass is 10.1. The molecule has 0 bridgehead atoms. The molecule has 0 saturated carbocycles. The Morgan fingerprint density at radius 3 is 2.57 bits per heavy atom. The summed E-state index contributed by atoms with van der Waals surface area (Å²) in [6, 6.07) is 3.38. The molecule has 0 N–H and O–H groups in total. The number of amides is 1. The second-order valence-corrected chi connectivity index (χ2v) is 6.09. The molecule has 1 aliphatic rings. The second kappa shape index (κ2) is 6.57. The minimum absolute atomic E-state index is 0.125. The van der Waals surface area contributed by atoms with Gasteiger partial charge in [0.2, 0.25) is 11.9 Å². The van der Waals surface area contributed by atoms with Crippen molar-refractivity contribution in [2.24, 2.45) is 0 Å². The Labute approximate surface area is 140 Å². The largest absolute Gasteiger partial charge is 0.335 e. The molecule has 0 aliphatic carbocycles. The number of halogens is 3. The standard InChI is InChI=1S/C15H13BrF2N4O/c16-11-6-19-15(20-7-11)22-4-3-21(14(23)9-22)8-10-1-2-12(17)5-13(10)18/h1-2,5-7H,3-4,8-9H2. The van der Waals surface area contributed by atoms with E-state index in [1.807, 2.05) is 0 Å². The summed E-state index contributed by atoms with van der Waals surface area (Å²) in [5, 5.41) is 0. The van der Waals surface area contributed by atoms with E-state index >= 15 is 0 Å². The predicted molar refractivity (Wildman–Crippen MR) is 83.7 cm³/mol. The highest BCUT2D eigenvalue weighted by molar-refractivity contribution is 9.10. The van der Waals surface area contributed by atoms with Crippen LogP contribution >= 0.6 is 15.9 Å². The number of carbonyl (C=O) groups excluding carboxylic acids is 1. The lowest BCUT2D eigenvalue weighted by Gasteiger charge is -2.34. The summed E-state index contributed by atoms with van der Waals surface area (Å²) in [6.07, 6.45) is 3.24. The van der Waals surface area contributed by atoms with E-state index in [-0.39, 0.29) is 19.0 Å². The van der Waals surface area contributed by atoms with Crippen LogP contribution < -0.4 is 4.90 Å². The highest BCUT2D eigenvalue weighted by Gasteiger charge is 2.26. The summed E-state index contributed by atoms with van der Waals surface area (Å²) in [7, 11) is 0. The summed E-state index contributed by atoms with van der Waals surface area (Å²) in [6.45, 7) is 1.23. The van der Waals surface area contributed by atoms with Gasteiger partial charge in [-0.15, -0.1) is 0 Å². The van der Waals surface area contributed by atoms with Crippen molar-refractivity contribution < 1.29 is 13.6 Å². The van der Waals surface area contributed by atoms with E-state index in [9.17, 15) is 13.6 Å². The molecule has 3 rings (SSSR count). The Kier molecular flexibility index (Phi) is 4.51. The molecule has 1 aliphatic heterocycles. The number of hydrogen-bond donors (Lipinski definition) is 0. The zero-order chi connectivity index (χ0) is 16.4. The molecular formula is C15H13BrF2N4O. The number of nitrogens with zero attached hydrogens (tertiary/aromatic N) is 4. The van der Waals surface area contributed by atoms with Crippen LogP contribution in [0, 0.1) is 11.6 Å². The zero-order valence-electron chi connectivity index (χ0n) is 12.0. The van der Waals surface area contributed by atoms with Gasteiger partial charge in [0.25, 0.3) is 0 Å². The van der Waals surface area contributed by atoms with Crippen molar-refractivity contribution in [1.82, 2.24) is 14.9 Å². The molecule has 8 heteroatoms. The first-order chi connectivity index (χ1) is 11.0. The monoisotopic (exact) mass is 382 g/mol. The van der Waals surface area contributed by atoms with Crippen LogP contribution in [0.25, 0.3) is 0 Å². The quantitative estimate of drug-likeness (QED) is 0.817. The van der Waals surface area contributed by atoms with E-state index in [1.165, 1.54) is 12.1 Å². The Morgan fingerprint density at radius 1 is 1.17 bits per heavy atom. The fourth-order valence-corrected chi connectivity index (χ4v) is 2.58. The van der Waals surface area contributed by atoms with E-state index in [0.717, 1.165) is 10.5 Å². The first-order valence-corrected chi connectivity index (χ1v) is 7.76. The normalized spacial score (nSPS) is 15.2. The molecule has 1 aromatic heterocycles. The highest BCUT2D eigenvalue weighted by atomic mass is 79.9. The second-order valence-electron chi connectivity index (χ2n) is 5.17. The molecule has 2 heterocycles. The first-order valence-electron chi connectivity index (χ1n) is 6.97. The van der Waals surface area contributed by atoms with Crippen LogP contribution in [-0.2, 0) is 11.3 Å². The number of benzene rings is 1. The fourth-order valence-electron chi connectivity index (χ4n) is 2.37. The topological polar surface area (TPSA) is 49.3 Å². The van der Waals surface area contributed by atoms with Crippen molar-refractivity contribution in [3.05, 3.63) is 52.3 Å². The average Bonchev–Trinajstić information content (AvgIpc) is 2.52. The SMILES string of the molecule is O=C1CN(c2ncc(Br)cn2)CCN1Cc1ccc(F)cc1F. The molecular weight excluding hydrogens is 370 g/mol. The molecule has 1 aromatic carbocycles. The molecule has 1 amide bonds. The maximum atomic E-state index is 13.7. The van der Waals surface area contributed by atoms with Crippen molar-refractivity contribution in [3.63, 3.8) is 0 Å². The van der Waals surface area contributed by atoms with Crippen LogP contribution in [0.4, 0.5) is 14.7 Å². The van der Waals surface area contributed by atoms with E-state index < -0.39 is 11.6 Å². The van der Waals surface area contributed by atoms with E-state index in [1.54, 1.807) is 22.2 Å². The van der Waals surface area contributed by atoms with Gasteiger partial charge in [-0.25, -0.2) is 18.7 Å². The van der Waals surface area contributed by atoms with Gasteiger partial charge in [-0.2, -0.15) is 0 Å². The maximum absolute atomic E-state index is 13.7. The third-order valence-corrected chi connectivity index (χ3v) is 3.99. The highest BCUT2D eigenvalue weighted by Crippen LogP contribution is 2.17. The molecule has 1 fully saturated rings. The third kappa shape index (κ3) is 3.64. The van der Waals surface area contributed by atoms with Gasteiger partial charge in [-0.3, -0.25) is 4.79 Å². The molecule has 2 aromatic rings. The van der Waals surface area contributed by atoms with Crippen LogP contribution in [0.1, 0.15) is 5.56 Å². The molecule has 23 heavy (non-hydrogen) atoms. The average molecular weight is 383 g/mol. The van der Waals surface area contributed by atoms with Crippen LogP contribution in [0.15, 0.2) is 35.1 Å². The first kappa shape index (κ1) is 15.8. The Morgan fingerprint density at radius 2 is 1.91 bits per heavy atom. The summed E-state index contributed by atoms with van der Waals surface area (Å²) in [5.74, 6) is -0.938. The fraction of sp³-hybridized carbons (Fsp3) is 0.267. The minimum atomic E-state index is -0.642. The number of aromatic nitrogens is 2. The maximum Gasteiger partial charge on any atom is 0.242 e. The molecule has 1 saturated heterocycles. The van der Waals surface area contributed by atoms with Gasteiger partial charge in [0.15, 0.2) is 0 Å². The van der Waals surface area contributed by atoms with Gasteiger partial charge in [-0.05, 0) is 22.0 Å². The molecule has 0 spiro atoms. The lowest BCUT2D eigenvalue weighted by Crippen LogP contribution is -2.50. The smallest absolute Gasteiger partial charge is 0.242 e. The molecule has 0 radical (unpaired) electrons. The van der Waals surface area contributed by atoms with Crippen molar-refractivity contribution in [2.45, 2.75) is 6.54 Å². The van der Waals surface area contributed by atoms with Crippen molar-refractivity contribution in [2.75, 3.05) is 24.5 Å². The Bertz CT molecular complexity index is 726. The van der Waals surface area contributed by atoms with Crippen LogP contribution in [0.3, 0.4) is 0 Å². The minimum Gasteiger partial charge on any atom is -0.335 e. The molecule has 0 atom stereocenters. The van der Waals surface area contributed by atoms with Gasteiger partial charge in [0, 0.05) is 43.7 Å². The lowest BCUT2D eigenvalue weighted by molar-refractivity contribution is -0.131. The molecule has 120 valence electrons. The van der Waals surface area contributed by atoms with E-state index in [2.05, 4.69) is 25.9 Å². The van der Waals surface area contributed by atoms with Gasteiger partial charge in [0.05, 0.1) is 4.47 Å². The summed E-state index contributed by atoms with van der Waals surface area (Å²) in [4.78, 5) is 23.9. The van der Waals surface area contributed by atoms with Gasteiger partial charge < -0.3 is 9.80 Å². The Balaban J connectivity index is 1.67. The van der Waals surface area contributed by atoms with Crippen LogP contribution in [0.2, 0.25) is 0 Å². The number of rotatable bonds is 3. The van der Waals surface area contributed by atoms with Gasteiger partial charge in [-0.1, -0.05) is 6.07 Å². The predicted octanol–water partition coefficient (Wildman–Crippen LogP) is 2.37. The van der Waals surface area contributed by atoms with Crippen LogP contribution in [0.5, 0.6) is 0 Å². The third-order valence-electron chi connectivity index (χ3n) is 3.58.